The number of hydrogen-bond donors (Lipinski definition) is 1. The van der Waals surface area contributed by atoms with Crippen LogP contribution in [0.2, 0.25) is 5.02 Å². The van der Waals surface area contributed by atoms with Gasteiger partial charge in [0.2, 0.25) is 0 Å². The highest BCUT2D eigenvalue weighted by molar-refractivity contribution is 6.30. The van der Waals surface area contributed by atoms with E-state index in [1.165, 1.54) is 18.4 Å². The first-order chi connectivity index (χ1) is 8.10. The number of hydrogen-bond acceptors (Lipinski definition) is 2. The Kier molecular flexibility index (Phi) is 5.96. The average Bonchev–Trinajstić information content (AvgIpc) is 2.30. The maximum Gasteiger partial charge on any atom is 0.0470 e. The molecule has 0 saturated carbocycles. The molecule has 0 spiro atoms. The number of nitrogens with two attached hydrogens (primary N) is 1. The van der Waals surface area contributed by atoms with Crippen molar-refractivity contribution in [3.05, 3.63) is 34.9 Å². The molecule has 1 aromatic rings. The molecule has 0 radical (unpaired) electrons. The lowest BCUT2D eigenvalue weighted by molar-refractivity contribution is 0.180. The van der Waals surface area contributed by atoms with Crippen LogP contribution in [-0.2, 0) is 0 Å². The van der Waals surface area contributed by atoms with Crippen molar-refractivity contribution >= 4 is 11.6 Å². The van der Waals surface area contributed by atoms with Crippen molar-refractivity contribution in [2.45, 2.75) is 38.8 Å². The molecule has 96 valence electrons. The summed E-state index contributed by atoms with van der Waals surface area (Å²) < 4.78 is 0. The van der Waals surface area contributed by atoms with Crippen LogP contribution in [0.4, 0.5) is 0 Å². The van der Waals surface area contributed by atoms with Crippen LogP contribution in [0.15, 0.2) is 24.3 Å². The van der Waals surface area contributed by atoms with Gasteiger partial charge >= 0.3 is 0 Å². The predicted molar refractivity (Wildman–Crippen MR) is 75.4 cm³/mol. The highest BCUT2D eigenvalue weighted by Crippen LogP contribution is 2.24. The van der Waals surface area contributed by atoms with Gasteiger partial charge in [0.15, 0.2) is 0 Å². The minimum atomic E-state index is 0.246. The maximum absolute atomic E-state index is 6.03. The number of benzene rings is 1. The third-order valence-electron chi connectivity index (χ3n) is 3.35. The molecule has 3 heteroatoms. The lowest BCUT2D eigenvalue weighted by Crippen LogP contribution is -2.37. The summed E-state index contributed by atoms with van der Waals surface area (Å²) in [5.74, 6) is 0. The van der Waals surface area contributed by atoms with E-state index in [2.05, 4.69) is 31.9 Å². The van der Waals surface area contributed by atoms with E-state index in [0.717, 1.165) is 5.02 Å². The molecule has 0 fully saturated rings. The van der Waals surface area contributed by atoms with Gasteiger partial charge in [-0.25, -0.2) is 0 Å². The Bertz CT molecular complexity index is 341. The van der Waals surface area contributed by atoms with Gasteiger partial charge in [0.05, 0.1) is 0 Å². The van der Waals surface area contributed by atoms with E-state index >= 15 is 0 Å². The minimum Gasteiger partial charge on any atom is -0.329 e. The summed E-state index contributed by atoms with van der Waals surface area (Å²) in [6.45, 7) is 5.07. The molecular formula is C14H23ClN2. The molecule has 17 heavy (non-hydrogen) atoms. The molecule has 1 rings (SSSR count). The fourth-order valence-corrected chi connectivity index (χ4v) is 2.38. The summed E-state index contributed by atoms with van der Waals surface area (Å²) >= 11 is 6.03. The lowest BCUT2D eigenvalue weighted by atomic mass is 10.0. The molecular weight excluding hydrogens is 232 g/mol. The molecule has 2 nitrogen and oxygen atoms in total. The standard InChI is InChI=1S/C14H23ClN2/c1-4-6-11(2)17(3)14(10-16)12-7-5-8-13(15)9-12/h5,7-9,11,14H,4,6,10,16H2,1-3H3. The molecule has 1 aromatic carbocycles. The third-order valence-corrected chi connectivity index (χ3v) is 3.59. The van der Waals surface area contributed by atoms with Crippen LogP contribution >= 0.6 is 11.6 Å². The lowest BCUT2D eigenvalue weighted by Gasteiger charge is -2.32. The highest BCUT2D eigenvalue weighted by Gasteiger charge is 2.19. The summed E-state index contributed by atoms with van der Waals surface area (Å²) in [6, 6.07) is 8.77. The van der Waals surface area contributed by atoms with Gasteiger partial charge in [-0.05, 0) is 38.1 Å². The zero-order chi connectivity index (χ0) is 12.8. The van der Waals surface area contributed by atoms with E-state index < -0.39 is 0 Å². The van der Waals surface area contributed by atoms with Crippen LogP contribution in [0.1, 0.15) is 38.3 Å². The fourth-order valence-electron chi connectivity index (χ4n) is 2.18. The van der Waals surface area contributed by atoms with Crippen LogP contribution in [0.3, 0.4) is 0 Å². The molecule has 2 N–H and O–H groups in total. The predicted octanol–water partition coefficient (Wildman–Crippen LogP) is 3.46. The summed E-state index contributed by atoms with van der Waals surface area (Å²) in [7, 11) is 2.14. The first kappa shape index (κ1) is 14.5. The van der Waals surface area contributed by atoms with Crippen molar-refractivity contribution in [2.24, 2.45) is 5.73 Å². The van der Waals surface area contributed by atoms with Crippen molar-refractivity contribution < 1.29 is 0 Å². The minimum absolute atomic E-state index is 0.246. The van der Waals surface area contributed by atoms with Gasteiger partial charge in [-0.1, -0.05) is 37.1 Å². The zero-order valence-corrected chi connectivity index (χ0v) is 11.7. The normalized spacial score (nSPS) is 14.9. The van der Waals surface area contributed by atoms with Crippen LogP contribution in [0.25, 0.3) is 0 Å². The molecule has 0 aliphatic carbocycles. The van der Waals surface area contributed by atoms with Crippen LogP contribution in [0.5, 0.6) is 0 Å². The number of rotatable bonds is 6. The molecule has 0 bridgehead atoms. The second-order valence-electron chi connectivity index (χ2n) is 4.61. The van der Waals surface area contributed by atoms with Crippen LogP contribution < -0.4 is 5.73 Å². The van der Waals surface area contributed by atoms with E-state index in [0.29, 0.717) is 12.6 Å². The quantitative estimate of drug-likeness (QED) is 0.843. The molecule has 2 unspecified atom stereocenters. The van der Waals surface area contributed by atoms with Crippen molar-refractivity contribution in [1.29, 1.82) is 0 Å². The van der Waals surface area contributed by atoms with E-state index in [1.807, 2.05) is 18.2 Å². The number of halogens is 1. The van der Waals surface area contributed by atoms with Crippen molar-refractivity contribution in [3.63, 3.8) is 0 Å². The summed E-state index contributed by atoms with van der Waals surface area (Å²) in [6.07, 6.45) is 2.38. The fraction of sp³-hybridized carbons (Fsp3) is 0.571. The highest BCUT2D eigenvalue weighted by atomic mass is 35.5. The summed E-state index contributed by atoms with van der Waals surface area (Å²) in [5, 5.41) is 0.775. The van der Waals surface area contributed by atoms with Crippen molar-refractivity contribution in [3.8, 4) is 0 Å². The van der Waals surface area contributed by atoms with Gasteiger partial charge in [-0.2, -0.15) is 0 Å². The van der Waals surface area contributed by atoms with E-state index in [1.54, 1.807) is 0 Å². The van der Waals surface area contributed by atoms with E-state index in [9.17, 15) is 0 Å². The third kappa shape index (κ3) is 3.98. The van der Waals surface area contributed by atoms with Crippen LogP contribution in [-0.4, -0.2) is 24.5 Å². The van der Waals surface area contributed by atoms with E-state index in [-0.39, 0.29) is 6.04 Å². The monoisotopic (exact) mass is 254 g/mol. The molecule has 0 aromatic heterocycles. The van der Waals surface area contributed by atoms with Crippen molar-refractivity contribution in [2.75, 3.05) is 13.6 Å². The molecule has 0 saturated heterocycles. The van der Waals surface area contributed by atoms with Gasteiger partial charge < -0.3 is 5.73 Å². The van der Waals surface area contributed by atoms with Gasteiger partial charge in [-0.3, -0.25) is 4.90 Å². The molecule has 0 aliphatic heterocycles. The van der Waals surface area contributed by atoms with E-state index in [4.69, 9.17) is 17.3 Å². The molecule has 0 aliphatic rings. The molecule has 0 heterocycles. The average molecular weight is 255 g/mol. The Labute approximate surface area is 110 Å². The van der Waals surface area contributed by atoms with Crippen LogP contribution in [0, 0.1) is 0 Å². The number of likely N-dealkylation sites (N-methyl/N-ethyl adjacent to an activating group) is 1. The Morgan fingerprint density at radius 3 is 2.65 bits per heavy atom. The van der Waals surface area contributed by atoms with Gasteiger partial charge in [0, 0.05) is 23.7 Å². The zero-order valence-electron chi connectivity index (χ0n) is 11.0. The first-order valence-electron chi connectivity index (χ1n) is 6.27. The van der Waals surface area contributed by atoms with Gasteiger partial charge in [0.1, 0.15) is 0 Å². The Morgan fingerprint density at radius 1 is 1.41 bits per heavy atom. The maximum atomic E-state index is 6.03. The Morgan fingerprint density at radius 2 is 2.12 bits per heavy atom. The summed E-state index contributed by atoms with van der Waals surface area (Å²) in [4.78, 5) is 2.34. The molecule has 2 atom stereocenters. The largest absolute Gasteiger partial charge is 0.329 e. The van der Waals surface area contributed by atoms with Gasteiger partial charge in [0.25, 0.3) is 0 Å². The smallest absolute Gasteiger partial charge is 0.0470 e. The topological polar surface area (TPSA) is 29.3 Å². The Hall–Kier alpha value is -0.570. The summed E-state index contributed by atoms with van der Waals surface area (Å²) in [5.41, 5.74) is 7.10. The second kappa shape index (κ2) is 7.00. The number of nitrogens with zero attached hydrogens (tertiary/aromatic N) is 1. The SMILES string of the molecule is CCCC(C)N(C)C(CN)c1cccc(Cl)c1. The van der Waals surface area contributed by atoms with Gasteiger partial charge in [-0.15, -0.1) is 0 Å². The molecule has 0 amide bonds. The second-order valence-corrected chi connectivity index (χ2v) is 5.05. The first-order valence-corrected chi connectivity index (χ1v) is 6.65. The van der Waals surface area contributed by atoms with Crippen molar-refractivity contribution in [1.82, 2.24) is 4.90 Å². The Balaban J connectivity index is 2.83.